The Labute approximate surface area is 235 Å². The van der Waals surface area contributed by atoms with E-state index in [1.54, 1.807) is 43.5 Å². The zero-order valence-electron chi connectivity index (χ0n) is 23.8. The Kier molecular flexibility index (Phi) is 7.62. The minimum absolute atomic E-state index is 0.0266. The third kappa shape index (κ3) is 5.31. The van der Waals surface area contributed by atoms with Crippen LogP contribution in [-0.4, -0.2) is 73.6 Å². The lowest BCUT2D eigenvalue weighted by molar-refractivity contribution is -0.126. The van der Waals surface area contributed by atoms with Gasteiger partial charge in [0.15, 0.2) is 5.82 Å². The Hall–Kier alpha value is -4.18. The third-order valence-electron chi connectivity index (χ3n) is 7.98. The number of carbonyl (C=O) groups is 2. The lowest BCUT2D eigenvalue weighted by Crippen LogP contribution is -2.43. The summed E-state index contributed by atoms with van der Waals surface area (Å²) in [6.45, 7) is 6.32. The predicted octanol–water partition coefficient (Wildman–Crippen LogP) is 4.19. The van der Waals surface area contributed by atoms with Crippen LogP contribution in [0.15, 0.2) is 54.7 Å². The average molecular weight is 544 g/mol. The molecule has 210 valence electrons. The van der Waals surface area contributed by atoms with Crippen molar-refractivity contribution >= 4 is 40.6 Å². The number of ether oxygens (including phenoxy) is 1. The molecule has 0 radical (unpaired) electrons. The fourth-order valence-corrected chi connectivity index (χ4v) is 5.33. The fourth-order valence-electron chi connectivity index (χ4n) is 5.33. The van der Waals surface area contributed by atoms with E-state index in [0.29, 0.717) is 47.4 Å². The molecule has 2 amide bonds. The van der Waals surface area contributed by atoms with E-state index in [9.17, 15) is 9.59 Å². The van der Waals surface area contributed by atoms with Gasteiger partial charge in [0.25, 0.3) is 5.91 Å². The molecule has 10 heteroatoms. The van der Waals surface area contributed by atoms with Crippen molar-refractivity contribution in [3.63, 3.8) is 0 Å². The number of nitrogens with zero attached hydrogens (tertiary/aromatic N) is 5. The number of benzene rings is 2. The summed E-state index contributed by atoms with van der Waals surface area (Å²) in [4.78, 5) is 41.7. The molecule has 3 heterocycles. The van der Waals surface area contributed by atoms with Crippen LogP contribution in [0, 0.1) is 5.41 Å². The molecule has 3 aromatic rings. The number of likely N-dealkylation sites (tertiary alicyclic amines) is 1. The molecule has 5 rings (SSSR count). The van der Waals surface area contributed by atoms with E-state index >= 15 is 0 Å². The van der Waals surface area contributed by atoms with Crippen LogP contribution in [0.4, 0.5) is 28.8 Å². The first kappa shape index (κ1) is 27.4. The molecule has 1 saturated heterocycles. The van der Waals surface area contributed by atoms with Crippen LogP contribution in [0.2, 0.25) is 0 Å². The first-order valence-electron chi connectivity index (χ1n) is 13.6. The van der Waals surface area contributed by atoms with Crippen molar-refractivity contribution < 1.29 is 14.3 Å². The zero-order valence-corrected chi connectivity index (χ0v) is 23.8. The number of rotatable bonds is 7. The van der Waals surface area contributed by atoms with Gasteiger partial charge < -0.3 is 30.1 Å². The van der Waals surface area contributed by atoms with Crippen molar-refractivity contribution in [1.29, 1.82) is 0 Å². The monoisotopic (exact) mass is 543 g/mol. The second-order valence-corrected chi connectivity index (χ2v) is 10.9. The van der Waals surface area contributed by atoms with E-state index in [0.717, 1.165) is 25.2 Å². The highest BCUT2D eigenvalue weighted by Crippen LogP contribution is 2.42. The van der Waals surface area contributed by atoms with Crippen molar-refractivity contribution in [2.75, 3.05) is 56.0 Å². The Bertz CT molecular complexity index is 1400. The Morgan fingerprint density at radius 2 is 1.95 bits per heavy atom. The van der Waals surface area contributed by atoms with Crippen LogP contribution in [0.3, 0.4) is 0 Å². The summed E-state index contributed by atoms with van der Waals surface area (Å²) in [7, 11) is 5.39. The van der Waals surface area contributed by atoms with Gasteiger partial charge in [0.2, 0.25) is 11.9 Å². The van der Waals surface area contributed by atoms with Gasteiger partial charge in [-0.05, 0) is 63.7 Å². The number of amides is 2. The maximum atomic E-state index is 13.5. The van der Waals surface area contributed by atoms with Crippen LogP contribution in [0.5, 0.6) is 5.75 Å². The van der Waals surface area contributed by atoms with E-state index < -0.39 is 5.41 Å². The average Bonchev–Trinajstić information content (AvgIpc) is 3.36. The normalized spacial score (nSPS) is 21.1. The number of likely N-dealkylation sites (N-methyl/N-ethyl adjacent to an activating group) is 1. The van der Waals surface area contributed by atoms with Crippen molar-refractivity contribution in [1.82, 2.24) is 20.2 Å². The minimum Gasteiger partial charge on any atom is -0.495 e. The van der Waals surface area contributed by atoms with E-state index in [4.69, 9.17) is 9.72 Å². The number of nitrogens with one attached hydrogen (secondary N) is 2. The highest BCUT2D eigenvalue weighted by Gasteiger charge is 2.41. The summed E-state index contributed by atoms with van der Waals surface area (Å²) in [5.74, 6) is 1.38. The Morgan fingerprint density at radius 1 is 1.18 bits per heavy atom. The second-order valence-electron chi connectivity index (χ2n) is 10.9. The van der Waals surface area contributed by atoms with Gasteiger partial charge in [0, 0.05) is 37.4 Å². The van der Waals surface area contributed by atoms with E-state index in [2.05, 4.69) is 32.5 Å². The topological polar surface area (TPSA) is 103 Å². The smallest absolute Gasteiger partial charge is 0.251 e. The van der Waals surface area contributed by atoms with Crippen molar-refractivity contribution in [3.8, 4) is 5.75 Å². The lowest BCUT2D eigenvalue weighted by Gasteiger charge is -2.32. The van der Waals surface area contributed by atoms with Crippen LogP contribution in [0.1, 0.15) is 37.0 Å². The summed E-state index contributed by atoms with van der Waals surface area (Å²) in [6, 6.07) is 15.4. The number of fused-ring (bicyclic) bond motifs is 1. The summed E-state index contributed by atoms with van der Waals surface area (Å²) in [6.07, 6.45) is 3.29. The standard InChI is InChI=1S/C30H37N7O3/c1-6-30(2)19-37(22-10-8-7-9-11-22)26-24(36(4)28(30)39)17-31-29(34-26)33-23-13-12-20(16-25(23)40-5)27(38)32-21-14-15-35(3)18-21/h7-13,16-17,21H,6,14-15,18-19H2,1-5H3,(H,32,38)(H,31,33,34)/t21-,30?/m1/s1. The fraction of sp³-hybridized carbons (Fsp3) is 0.400. The van der Waals surface area contributed by atoms with Crippen molar-refractivity contribution in [2.45, 2.75) is 32.7 Å². The lowest BCUT2D eigenvalue weighted by atomic mass is 9.85. The Morgan fingerprint density at radius 3 is 2.62 bits per heavy atom. The molecule has 1 aromatic heterocycles. The summed E-state index contributed by atoms with van der Waals surface area (Å²) < 4.78 is 5.62. The third-order valence-corrected chi connectivity index (χ3v) is 7.98. The molecule has 40 heavy (non-hydrogen) atoms. The molecular formula is C30H37N7O3. The van der Waals surface area contributed by atoms with Gasteiger partial charge in [-0.15, -0.1) is 0 Å². The number of hydrogen-bond acceptors (Lipinski definition) is 8. The van der Waals surface area contributed by atoms with Crippen molar-refractivity contribution in [3.05, 3.63) is 60.3 Å². The second kappa shape index (κ2) is 11.1. The SMILES string of the molecule is CCC1(C)CN(c2ccccc2)c2nc(Nc3ccc(C(=O)N[C@@H]4CCN(C)C4)cc3OC)ncc2N(C)C1=O. The van der Waals surface area contributed by atoms with E-state index in [-0.39, 0.29) is 17.9 Å². The largest absolute Gasteiger partial charge is 0.495 e. The van der Waals surface area contributed by atoms with Gasteiger partial charge in [-0.25, -0.2) is 4.98 Å². The molecule has 2 atom stereocenters. The van der Waals surface area contributed by atoms with Crippen molar-refractivity contribution in [2.24, 2.45) is 5.41 Å². The number of methoxy groups -OCH3 is 1. The maximum Gasteiger partial charge on any atom is 0.251 e. The highest BCUT2D eigenvalue weighted by atomic mass is 16.5. The molecule has 2 aromatic carbocycles. The quantitative estimate of drug-likeness (QED) is 0.457. The van der Waals surface area contributed by atoms with Crippen LogP contribution in [-0.2, 0) is 4.79 Å². The number of carbonyl (C=O) groups excluding carboxylic acids is 2. The molecule has 1 fully saturated rings. The van der Waals surface area contributed by atoms with Gasteiger partial charge >= 0.3 is 0 Å². The van der Waals surface area contributed by atoms with E-state index in [1.807, 2.05) is 44.2 Å². The minimum atomic E-state index is -0.605. The number of anilines is 5. The Balaban J connectivity index is 1.45. The van der Waals surface area contributed by atoms with Gasteiger partial charge in [-0.2, -0.15) is 4.98 Å². The summed E-state index contributed by atoms with van der Waals surface area (Å²) >= 11 is 0. The summed E-state index contributed by atoms with van der Waals surface area (Å²) in [5.41, 5.74) is 2.12. The van der Waals surface area contributed by atoms with E-state index in [1.165, 1.54) is 0 Å². The number of hydrogen-bond donors (Lipinski definition) is 2. The number of para-hydroxylation sites is 1. The zero-order chi connectivity index (χ0) is 28.4. The number of aromatic nitrogens is 2. The van der Waals surface area contributed by atoms with Crippen LogP contribution < -0.4 is 25.2 Å². The molecule has 10 nitrogen and oxygen atoms in total. The molecule has 2 N–H and O–H groups in total. The van der Waals surface area contributed by atoms with Gasteiger partial charge in [0.05, 0.1) is 24.4 Å². The molecular weight excluding hydrogens is 506 g/mol. The van der Waals surface area contributed by atoms with Crippen LogP contribution in [0.25, 0.3) is 0 Å². The first-order valence-corrected chi connectivity index (χ1v) is 13.6. The maximum absolute atomic E-state index is 13.5. The molecule has 0 saturated carbocycles. The summed E-state index contributed by atoms with van der Waals surface area (Å²) in [5, 5.41) is 6.36. The molecule has 1 unspecified atom stereocenters. The molecule has 2 aliphatic heterocycles. The molecule has 0 spiro atoms. The first-order chi connectivity index (χ1) is 19.2. The van der Waals surface area contributed by atoms with Crippen LogP contribution >= 0.6 is 0 Å². The molecule has 2 aliphatic rings. The molecule has 0 aliphatic carbocycles. The molecule has 0 bridgehead atoms. The predicted molar refractivity (Wildman–Crippen MR) is 157 cm³/mol. The van der Waals surface area contributed by atoms with Gasteiger partial charge in [0.1, 0.15) is 11.4 Å². The van der Waals surface area contributed by atoms with Gasteiger partial charge in [-0.3, -0.25) is 9.59 Å². The highest BCUT2D eigenvalue weighted by molar-refractivity contribution is 6.02. The van der Waals surface area contributed by atoms with Gasteiger partial charge in [-0.1, -0.05) is 25.1 Å².